The maximum atomic E-state index is 11.4. The summed E-state index contributed by atoms with van der Waals surface area (Å²) in [7, 11) is -3.29. The van der Waals surface area contributed by atoms with Gasteiger partial charge in [-0.25, -0.2) is 8.42 Å². The molecule has 8 heteroatoms. The van der Waals surface area contributed by atoms with Gasteiger partial charge in [-0.3, -0.25) is 0 Å². The molecule has 1 aromatic carbocycles. The SMILES string of the molecule is O=S1(=O)CC(O)C(Oc2cc3c(cc2CO)OCO3)C1. The molecule has 110 valence electrons. The Morgan fingerprint density at radius 3 is 2.55 bits per heavy atom. The molecule has 7 nitrogen and oxygen atoms in total. The highest BCUT2D eigenvalue weighted by Gasteiger charge is 2.38. The van der Waals surface area contributed by atoms with Crippen LogP contribution in [0.2, 0.25) is 0 Å². The summed E-state index contributed by atoms with van der Waals surface area (Å²) in [6.45, 7) is -0.203. The second kappa shape index (κ2) is 4.80. The molecular formula is C12H14O7S. The van der Waals surface area contributed by atoms with Gasteiger partial charge in [0.2, 0.25) is 6.79 Å². The molecule has 0 aliphatic carbocycles. The van der Waals surface area contributed by atoms with Crippen LogP contribution < -0.4 is 14.2 Å². The monoisotopic (exact) mass is 302 g/mol. The van der Waals surface area contributed by atoms with E-state index in [2.05, 4.69) is 0 Å². The zero-order valence-electron chi connectivity index (χ0n) is 10.5. The topological polar surface area (TPSA) is 102 Å². The number of aliphatic hydroxyl groups is 2. The Morgan fingerprint density at radius 2 is 1.95 bits per heavy atom. The first kappa shape index (κ1) is 13.5. The zero-order chi connectivity index (χ0) is 14.3. The van der Waals surface area contributed by atoms with Crippen molar-refractivity contribution in [3.8, 4) is 17.2 Å². The van der Waals surface area contributed by atoms with Gasteiger partial charge in [0.1, 0.15) is 18.0 Å². The molecule has 0 saturated carbocycles. The first-order valence-corrected chi connectivity index (χ1v) is 7.89. The molecule has 1 saturated heterocycles. The summed E-state index contributed by atoms with van der Waals surface area (Å²) in [6.07, 6.45) is -1.91. The molecule has 1 aromatic rings. The lowest BCUT2D eigenvalue weighted by Crippen LogP contribution is -2.30. The van der Waals surface area contributed by atoms with Gasteiger partial charge in [-0.15, -0.1) is 0 Å². The molecule has 20 heavy (non-hydrogen) atoms. The summed E-state index contributed by atoms with van der Waals surface area (Å²) in [5, 5.41) is 19.1. The molecule has 2 unspecified atom stereocenters. The summed E-state index contributed by atoms with van der Waals surface area (Å²) >= 11 is 0. The first-order valence-electron chi connectivity index (χ1n) is 6.07. The molecule has 0 bridgehead atoms. The molecule has 3 rings (SSSR count). The third-order valence-electron chi connectivity index (χ3n) is 3.28. The van der Waals surface area contributed by atoms with Crippen molar-refractivity contribution in [1.29, 1.82) is 0 Å². The molecule has 0 spiro atoms. The fourth-order valence-corrected chi connectivity index (χ4v) is 3.93. The number of sulfone groups is 1. The van der Waals surface area contributed by atoms with Gasteiger partial charge in [0, 0.05) is 11.6 Å². The number of hydrogen-bond donors (Lipinski definition) is 2. The van der Waals surface area contributed by atoms with E-state index in [9.17, 15) is 18.6 Å². The van der Waals surface area contributed by atoms with E-state index in [0.29, 0.717) is 17.1 Å². The highest BCUT2D eigenvalue weighted by atomic mass is 32.2. The van der Waals surface area contributed by atoms with Crippen LogP contribution in [-0.2, 0) is 16.4 Å². The predicted octanol–water partition coefficient (Wildman–Crippen LogP) is -0.556. The minimum atomic E-state index is -3.29. The van der Waals surface area contributed by atoms with Crippen molar-refractivity contribution in [1.82, 2.24) is 0 Å². The van der Waals surface area contributed by atoms with Crippen LogP contribution >= 0.6 is 0 Å². The average Bonchev–Trinajstić information content (AvgIpc) is 2.92. The minimum absolute atomic E-state index is 0.0874. The van der Waals surface area contributed by atoms with E-state index in [0.717, 1.165) is 0 Å². The lowest BCUT2D eigenvalue weighted by atomic mass is 10.1. The lowest BCUT2D eigenvalue weighted by Gasteiger charge is -2.18. The maximum Gasteiger partial charge on any atom is 0.231 e. The van der Waals surface area contributed by atoms with Crippen LogP contribution in [0.4, 0.5) is 0 Å². The number of rotatable bonds is 3. The van der Waals surface area contributed by atoms with Gasteiger partial charge in [0.15, 0.2) is 21.3 Å². The Hall–Kier alpha value is -1.51. The zero-order valence-corrected chi connectivity index (χ0v) is 11.3. The van der Waals surface area contributed by atoms with E-state index in [1.165, 1.54) is 6.07 Å². The third kappa shape index (κ3) is 2.41. The van der Waals surface area contributed by atoms with Crippen molar-refractivity contribution in [2.75, 3.05) is 18.3 Å². The maximum absolute atomic E-state index is 11.4. The second-order valence-electron chi connectivity index (χ2n) is 4.77. The molecule has 0 radical (unpaired) electrons. The highest BCUT2D eigenvalue weighted by molar-refractivity contribution is 7.91. The largest absolute Gasteiger partial charge is 0.486 e. The van der Waals surface area contributed by atoms with Gasteiger partial charge >= 0.3 is 0 Å². The Kier molecular flexibility index (Phi) is 3.23. The number of ether oxygens (including phenoxy) is 3. The fraction of sp³-hybridized carbons (Fsp3) is 0.500. The van der Waals surface area contributed by atoms with Crippen LogP contribution in [0.15, 0.2) is 12.1 Å². The van der Waals surface area contributed by atoms with Crippen LogP contribution in [0.5, 0.6) is 17.2 Å². The number of hydrogen-bond acceptors (Lipinski definition) is 7. The molecule has 2 heterocycles. The summed E-state index contributed by atoms with van der Waals surface area (Å²) in [6, 6.07) is 3.11. The summed E-state index contributed by atoms with van der Waals surface area (Å²) in [5.74, 6) is 0.705. The molecular weight excluding hydrogens is 288 g/mol. The van der Waals surface area contributed by atoms with Crippen molar-refractivity contribution in [2.24, 2.45) is 0 Å². The number of benzene rings is 1. The highest BCUT2D eigenvalue weighted by Crippen LogP contribution is 2.39. The van der Waals surface area contributed by atoms with Crippen LogP contribution in [-0.4, -0.2) is 49.1 Å². The fourth-order valence-electron chi connectivity index (χ4n) is 2.27. The van der Waals surface area contributed by atoms with Gasteiger partial charge in [0.05, 0.1) is 18.1 Å². The van der Waals surface area contributed by atoms with Gasteiger partial charge < -0.3 is 24.4 Å². The van der Waals surface area contributed by atoms with Crippen molar-refractivity contribution in [3.63, 3.8) is 0 Å². The van der Waals surface area contributed by atoms with E-state index >= 15 is 0 Å². The Balaban J connectivity index is 1.87. The predicted molar refractivity (Wildman–Crippen MR) is 67.6 cm³/mol. The van der Waals surface area contributed by atoms with Crippen LogP contribution in [0.1, 0.15) is 5.56 Å². The number of fused-ring (bicyclic) bond motifs is 1. The second-order valence-corrected chi connectivity index (χ2v) is 6.93. The van der Waals surface area contributed by atoms with Crippen molar-refractivity contribution >= 4 is 9.84 Å². The smallest absolute Gasteiger partial charge is 0.231 e. The number of aliphatic hydroxyl groups excluding tert-OH is 2. The summed E-state index contributed by atoms with van der Waals surface area (Å²) in [4.78, 5) is 0. The van der Waals surface area contributed by atoms with E-state index in [1.807, 2.05) is 0 Å². The normalized spacial score (nSPS) is 26.7. The first-order chi connectivity index (χ1) is 9.48. The molecule has 2 N–H and O–H groups in total. The summed E-state index contributed by atoms with van der Waals surface area (Å²) in [5.41, 5.74) is 0.450. The van der Waals surface area contributed by atoms with Crippen LogP contribution in [0.25, 0.3) is 0 Å². The summed E-state index contributed by atoms with van der Waals surface area (Å²) < 4.78 is 38.8. The standard InChI is InChI=1S/C12H14O7S/c13-3-7-1-10-11(18-6-17-10)2-9(7)19-12-5-20(15,16)4-8(12)14/h1-2,8,12-14H,3-6H2. The molecule has 0 amide bonds. The molecule has 0 aromatic heterocycles. The molecule has 1 fully saturated rings. The van der Waals surface area contributed by atoms with Crippen molar-refractivity contribution in [3.05, 3.63) is 17.7 Å². The van der Waals surface area contributed by atoms with E-state index in [1.54, 1.807) is 6.07 Å². The van der Waals surface area contributed by atoms with Crippen molar-refractivity contribution < 1.29 is 32.8 Å². The molecule has 2 atom stereocenters. The van der Waals surface area contributed by atoms with Gasteiger partial charge in [-0.1, -0.05) is 0 Å². The van der Waals surface area contributed by atoms with Gasteiger partial charge in [-0.05, 0) is 6.07 Å². The van der Waals surface area contributed by atoms with E-state index in [-0.39, 0.29) is 30.7 Å². The quantitative estimate of drug-likeness (QED) is 0.772. The van der Waals surface area contributed by atoms with E-state index < -0.39 is 22.0 Å². The molecule has 2 aliphatic heterocycles. The van der Waals surface area contributed by atoms with Crippen molar-refractivity contribution in [2.45, 2.75) is 18.8 Å². The molecule has 2 aliphatic rings. The van der Waals surface area contributed by atoms with Gasteiger partial charge in [-0.2, -0.15) is 0 Å². The third-order valence-corrected chi connectivity index (χ3v) is 4.96. The Morgan fingerprint density at radius 1 is 1.25 bits per heavy atom. The Labute approximate surface area is 115 Å². The minimum Gasteiger partial charge on any atom is -0.486 e. The average molecular weight is 302 g/mol. The van der Waals surface area contributed by atoms with Gasteiger partial charge in [0.25, 0.3) is 0 Å². The Bertz CT molecular complexity index is 625. The van der Waals surface area contributed by atoms with E-state index in [4.69, 9.17) is 14.2 Å². The van der Waals surface area contributed by atoms with Crippen LogP contribution in [0, 0.1) is 0 Å². The lowest BCUT2D eigenvalue weighted by molar-refractivity contribution is 0.0719. The van der Waals surface area contributed by atoms with Crippen LogP contribution in [0.3, 0.4) is 0 Å².